The number of hydrogen-bond donors (Lipinski definition) is 3. The smallest absolute Gasteiger partial charge is 0.344 e. The van der Waals surface area contributed by atoms with Gasteiger partial charge in [0.1, 0.15) is 0 Å². The lowest BCUT2D eigenvalue weighted by molar-refractivity contribution is 0.285. The average molecular weight is 411 g/mol. The summed E-state index contributed by atoms with van der Waals surface area (Å²) in [6.07, 6.45) is 5.13. The van der Waals surface area contributed by atoms with Crippen molar-refractivity contribution in [1.82, 2.24) is 19.5 Å². The van der Waals surface area contributed by atoms with Gasteiger partial charge in [0.15, 0.2) is 11.6 Å². The predicted octanol–water partition coefficient (Wildman–Crippen LogP) is 2.96. The van der Waals surface area contributed by atoms with Gasteiger partial charge in [-0.15, -0.1) is 0 Å². The molecule has 1 atom stereocenters. The lowest BCUT2D eigenvalue weighted by Crippen LogP contribution is -2.18. The molecule has 1 saturated carbocycles. The predicted molar refractivity (Wildman–Crippen MR) is 108 cm³/mol. The first-order chi connectivity index (χ1) is 13.5. The summed E-state index contributed by atoms with van der Waals surface area (Å²) in [5.41, 5.74) is 0.130. The first kappa shape index (κ1) is 20.7. The summed E-state index contributed by atoms with van der Waals surface area (Å²) in [5, 5.41) is 2.45. The van der Waals surface area contributed by atoms with Gasteiger partial charge >= 0.3 is 11.4 Å². The number of ether oxygens (including phenoxy) is 1. The lowest BCUT2D eigenvalue weighted by atomic mass is 10.1. The van der Waals surface area contributed by atoms with Crippen LogP contribution in [0.15, 0.2) is 27.8 Å². The van der Waals surface area contributed by atoms with Crippen molar-refractivity contribution in [3.8, 4) is 5.75 Å². The SMILES string of the molecule is CC(NSCCCCCn1[nH]c(=O)[nH]c1=O)c1ccc(F)c(OCC2CC2)c1. The van der Waals surface area contributed by atoms with Crippen LogP contribution in [-0.4, -0.2) is 27.1 Å². The van der Waals surface area contributed by atoms with Gasteiger partial charge in [0.25, 0.3) is 0 Å². The topological polar surface area (TPSA) is 91.9 Å². The average Bonchev–Trinajstić information content (AvgIpc) is 3.44. The van der Waals surface area contributed by atoms with E-state index >= 15 is 0 Å². The van der Waals surface area contributed by atoms with Gasteiger partial charge in [0.2, 0.25) is 0 Å². The van der Waals surface area contributed by atoms with Gasteiger partial charge in [-0.25, -0.2) is 23.8 Å². The second-order valence-corrected chi connectivity index (χ2v) is 8.15. The fourth-order valence-electron chi connectivity index (χ4n) is 2.79. The summed E-state index contributed by atoms with van der Waals surface area (Å²) < 4.78 is 24.2. The van der Waals surface area contributed by atoms with Crippen molar-refractivity contribution in [2.75, 3.05) is 12.4 Å². The Morgan fingerprint density at radius 3 is 2.86 bits per heavy atom. The fraction of sp³-hybridized carbons (Fsp3) is 0.579. The van der Waals surface area contributed by atoms with Crippen molar-refractivity contribution >= 4 is 11.9 Å². The molecule has 0 aliphatic heterocycles. The zero-order chi connectivity index (χ0) is 19.9. The van der Waals surface area contributed by atoms with Crippen molar-refractivity contribution in [2.45, 2.75) is 51.6 Å². The van der Waals surface area contributed by atoms with Crippen LogP contribution >= 0.6 is 11.9 Å². The lowest BCUT2D eigenvalue weighted by Gasteiger charge is -2.15. The molecule has 1 aliphatic carbocycles. The molecule has 1 aromatic carbocycles. The summed E-state index contributed by atoms with van der Waals surface area (Å²) in [7, 11) is 0. The molecule has 1 heterocycles. The van der Waals surface area contributed by atoms with Crippen LogP contribution in [-0.2, 0) is 6.54 Å². The maximum atomic E-state index is 13.9. The number of H-pyrrole nitrogens is 2. The Morgan fingerprint density at radius 1 is 1.32 bits per heavy atom. The minimum atomic E-state index is -0.472. The Balaban J connectivity index is 1.33. The highest BCUT2D eigenvalue weighted by Crippen LogP contribution is 2.31. The minimum Gasteiger partial charge on any atom is -0.490 e. The maximum absolute atomic E-state index is 13.9. The molecule has 9 heteroatoms. The van der Waals surface area contributed by atoms with Crippen LogP contribution in [0.4, 0.5) is 4.39 Å². The molecule has 0 bridgehead atoms. The number of halogens is 1. The molecule has 1 unspecified atom stereocenters. The zero-order valence-electron chi connectivity index (χ0n) is 16.0. The molecule has 28 heavy (non-hydrogen) atoms. The van der Waals surface area contributed by atoms with Crippen molar-refractivity contribution in [2.24, 2.45) is 5.92 Å². The molecule has 0 saturated heterocycles. The Bertz CT molecular complexity index is 875. The van der Waals surface area contributed by atoms with E-state index in [2.05, 4.69) is 14.8 Å². The summed E-state index contributed by atoms with van der Waals surface area (Å²) in [4.78, 5) is 24.5. The minimum absolute atomic E-state index is 0.0809. The Labute approximate surface area is 167 Å². The van der Waals surface area contributed by atoms with Crippen LogP contribution in [0.1, 0.15) is 50.6 Å². The molecule has 154 valence electrons. The highest BCUT2D eigenvalue weighted by molar-refractivity contribution is 7.97. The molecule has 1 fully saturated rings. The van der Waals surface area contributed by atoms with E-state index in [1.807, 2.05) is 6.92 Å². The Morgan fingerprint density at radius 2 is 2.14 bits per heavy atom. The van der Waals surface area contributed by atoms with Crippen LogP contribution in [0.2, 0.25) is 0 Å². The van der Waals surface area contributed by atoms with Crippen LogP contribution in [0.25, 0.3) is 0 Å². The number of hydrogen-bond acceptors (Lipinski definition) is 5. The summed E-state index contributed by atoms with van der Waals surface area (Å²) in [6.45, 7) is 3.14. The third kappa shape index (κ3) is 6.27. The summed E-state index contributed by atoms with van der Waals surface area (Å²) in [5.74, 6) is 1.54. The summed E-state index contributed by atoms with van der Waals surface area (Å²) >= 11 is 1.63. The van der Waals surface area contributed by atoms with Gasteiger partial charge in [0.05, 0.1) is 6.61 Å². The number of aromatic amines is 2. The molecular formula is C19H27FN4O3S. The van der Waals surface area contributed by atoms with E-state index in [1.54, 1.807) is 24.1 Å². The molecule has 2 aromatic rings. The number of benzene rings is 1. The van der Waals surface area contributed by atoms with Crippen molar-refractivity contribution in [3.05, 3.63) is 50.5 Å². The second kappa shape index (κ2) is 9.97. The van der Waals surface area contributed by atoms with Gasteiger partial charge in [-0.3, -0.25) is 9.71 Å². The first-order valence-corrected chi connectivity index (χ1v) is 10.7. The number of nitrogens with zero attached hydrogens (tertiary/aromatic N) is 1. The highest BCUT2D eigenvalue weighted by Gasteiger charge is 2.22. The number of aryl methyl sites for hydroxylation is 1. The molecule has 7 nitrogen and oxygen atoms in total. The van der Waals surface area contributed by atoms with Crippen molar-refractivity contribution < 1.29 is 9.13 Å². The van der Waals surface area contributed by atoms with Gasteiger partial charge in [-0.05, 0) is 56.2 Å². The number of rotatable bonds is 12. The molecule has 3 rings (SSSR count). The normalized spacial score (nSPS) is 14.9. The molecule has 1 aromatic heterocycles. The molecule has 3 N–H and O–H groups in total. The standard InChI is InChI=1S/C19H27FN4O3S/c1-13(15-7-8-16(20)17(11-15)27-12-14-5-6-14)23-28-10-4-2-3-9-24-19(26)21-18(25)22-24/h7-8,11,13-14,23H,2-6,9-10,12H2,1H3,(H2,21,22,25,26). The van der Waals surface area contributed by atoms with Gasteiger partial charge in [-0.1, -0.05) is 24.4 Å². The molecular weight excluding hydrogens is 383 g/mol. The van der Waals surface area contributed by atoms with E-state index < -0.39 is 11.4 Å². The van der Waals surface area contributed by atoms with Crippen LogP contribution in [0.3, 0.4) is 0 Å². The van der Waals surface area contributed by atoms with Crippen molar-refractivity contribution in [1.29, 1.82) is 0 Å². The third-order valence-electron chi connectivity index (χ3n) is 4.72. The van der Waals surface area contributed by atoms with Gasteiger partial charge < -0.3 is 4.74 Å². The van der Waals surface area contributed by atoms with Crippen LogP contribution in [0, 0.1) is 11.7 Å². The maximum Gasteiger partial charge on any atom is 0.344 e. The number of nitrogens with one attached hydrogen (secondary N) is 3. The van der Waals surface area contributed by atoms with Crippen LogP contribution in [0.5, 0.6) is 5.75 Å². The molecule has 0 spiro atoms. The summed E-state index contributed by atoms with van der Waals surface area (Å²) in [6, 6.07) is 5.11. The second-order valence-electron chi connectivity index (χ2n) is 7.22. The van der Waals surface area contributed by atoms with E-state index in [0.29, 0.717) is 24.8 Å². The van der Waals surface area contributed by atoms with E-state index in [-0.39, 0.29) is 11.9 Å². The third-order valence-corrected chi connectivity index (χ3v) is 5.73. The van der Waals surface area contributed by atoms with E-state index in [1.165, 1.54) is 23.6 Å². The quantitative estimate of drug-likeness (QED) is 0.370. The van der Waals surface area contributed by atoms with Gasteiger partial charge in [-0.2, -0.15) is 0 Å². The zero-order valence-corrected chi connectivity index (χ0v) is 16.8. The van der Waals surface area contributed by atoms with E-state index in [4.69, 9.17) is 4.74 Å². The monoisotopic (exact) mass is 410 g/mol. The molecule has 0 amide bonds. The molecule has 1 aliphatic rings. The van der Waals surface area contributed by atoms with Crippen LogP contribution < -0.4 is 20.8 Å². The van der Waals surface area contributed by atoms with E-state index in [0.717, 1.165) is 30.6 Å². The Hall–Kier alpha value is -2.00. The van der Waals surface area contributed by atoms with Crippen molar-refractivity contribution in [3.63, 3.8) is 0 Å². The van der Waals surface area contributed by atoms with E-state index in [9.17, 15) is 14.0 Å². The number of unbranched alkanes of at least 4 members (excludes halogenated alkanes) is 2. The molecule has 0 radical (unpaired) electrons. The largest absolute Gasteiger partial charge is 0.490 e. The Kier molecular flexibility index (Phi) is 7.38. The number of aromatic nitrogens is 3. The highest BCUT2D eigenvalue weighted by atomic mass is 32.2. The first-order valence-electron chi connectivity index (χ1n) is 9.71. The fourth-order valence-corrected chi connectivity index (χ4v) is 3.64. The van der Waals surface area contributed by atoms with Gasteiger partial charge in [0, 0.05) is 18.3 Å².